The number of hydrogen-bond acceptors (Lipinski definition) is 5. The molecule has 1 aromatic heterocycles. The largest absolute Gasteiger partial charge is 0.378 e. The third-order valence-corrected chi connectivity index (χ3v) is 5.62. The minimum atomic E-state index is 0. The molecule has 150 valence electrons. The van der Waals surface area contributed by atoms with E-state index in [4.69, 9.17) is 4.74 Å². The van der Waals surface area contributed by atoms with E-state index in [1.807, 2.05) is 0 Å². The number of fused-ring (bicyclic) bond motifs is 2. The summed E-state index contributed by atoms with van der Waals surface area (Å²) in [5, 5.41) is 10.7. The van der Waals surface area contributed by atoms with Crippen LogP contribution < -0.4 is 10.6 Å². The number of hydrogen-bond donors (Lipinski definition) is 2. The van der Waals surface area contributed by atoms with E-state index in [1.54, 1.807) is 22.0 Å². The van der Waals surface area contributed by atoms with Crippen LogP contribution >= 0.6 is 12.4 Å². The van der Waals surface area contributed by atoms with Gasteiger partial charge in [-0.1, -0.05) is 0 Å². The number of nitrogens with zero attached hydrogens (tertiary/aromatic N) is 3. The van der Waals surface area contributed by atoms with Gasteiger partial charge in [0.15, 0.2) is 0 Å². The van der Waals surface area contributed by atoms with Crippen LogP contribution in [0.25, 0.3) is 0 Å². The number of carbonyl (C=O) groups is 2. The van der Waals surface area contributed by atoms with E-state index in [0.717, 1.165) is 12.8 Å². The van der Waals surface area contributed by atoms with Gasteiger partial charge in [0.25, 0.3) is 0 Å². The standard InChI is InChI=1S/C18H27N5O3.ClH/c24-17(9-13-7-14-1-2-15(8-13)20-14)21-16-10-19-23(11-16)12-18(25)22-3-5-26-6-4-22;/h10-11,13-15,20H,1-9,12H2,(H,21,24);1H. The molecule has 3 saturated heterocycles. The van der Waals surface area contributed by atoms with Gasteiger partial charge in [-0.3, -0.25) is 14.3 Å². The second kappa shape index (κ2) is 9.03. The monoisotopic (exact) mass is 397 g/mol. The number of ether oxygens (including phenoxy) is 1. The van der Waals surface area contributed by atoms with Crippen molar-refractivity contribution in [2.24, 2.45) is 5.92 Å². The Bertz CT molecular complexity index is 649. The zero-order valence-electron chi connectivity index (χ0n) is 15.4. The molecular formula is C18H28ClN5O3. The van der Waals surface area contributed by atoms with E-state index >= 15 is 0 Å². The van der Waals surface area contributed by atoms with Crippen LogP contribution in [0.2, 0.25) is 0 Å². The summed E-state index contributed by atoms with van der Waals surface area (Å²) in [6, 6.07) is 1.20. The molecule has 3 fully saturated rings. The molecule has 3 aliphatic rings. The molecule has 2 amide bonds. The zero-order valence-corrected chi connectivity index (χ0v) is 16.2. The first-order chi connectivity index (χ1) is 12.7. The third-order valence-electron chi connectivity index (χ3n) is 5.62. The van der Waals surface area contributed by atoms with E-state index in [1.165, 1.54) is 12.8 Å². The van der Waals surface area contributed by atoms with Crippen molar-refractivity contribution in [1.82, 2.24) is 20.0 Å². The Kier molecular flexibility index (Phi) is 6.73. The maximum Gasteiger partial charge on any atom is 0.244 e. The molecule has 0 aliphatic carbocycles. The van der Waals surface area contributed by atoms with Crippen LogP contribution in [0.3, 0.4) is 0 Å². The predicted octanol–water partition coefficient (Wildman–Crippen LogP) is 1.02. The van der Waals surface area contributed by atoms with Crippen molar-refractivity contribution in [3.63, 3.8) is 0 Å². The number of amides is 2. The molecule has 2 bridgehead atoms. The van der Waals surface area contributed by atoms with Crippen molar-refractivity contribution < 1.29 is 14.3 Å². The Morgan fingerprint density at radius 2 is 1.93 bits per heavy atom. The summed E-state index contributed by atoms with van der Waals surface area (Å²) in [6.07, 6.45) is 8.57. The molecule has 4 rings (SSSR count). The van der Waals surface area contributed by atoms with Gasteiger partial charge in [0, 0.05) is 37.8 Å². The number of anilines is 1. The lowest BCUT2D eigenvalue weighted by atomic mass is 9.89. The van der Waals surface area contributed by atoms with E-state index in [2.05, 4.69) is 15.7 Å². The summed E-state index contributed by atoms with van der Waals surface area (Å²) in [4.78, 5) is 26.4. The Morgan fingerprint density at radius 1 is 1.22 bits per heavy atom. The van der Waals surface area contributed by atoms with Gasteiger partial charge in [-0.25, -0.2) is 0 Å². The average molecular weight is 398 g/mol. The highest BCUT2D eigenvalue weighted by atomic mass is 35.5. The lowest BCUT2D eigenvalue weighted by Gasteiger charge is -2.28. The molecule has 0 radical (unpaired) electrons. The molecule has 9 heteroatoms. The SMILES string of the molecule is Cl.O=C(CC1CC2CCC(C1)N2)Nc1cnn(CC(=O)N2CCOCC2)c1. The third kappa shape index (κ3) is 5.21. The van der Waals surface area contributed by atoms with Crippen LogP contribution in [0.5, 0.6) is 0 Å². The van der Waals surface area contributed by atoms with Crippen LogP contribution in [0, 0.1) is 5.92 Å². The topological polar surface area (TPSA) is 88.5 Å². The minimum Gasteiger partial charge on any atom is -0.378 e. The molecule has 2 N–H and O–H groups in total. The van der Waals surface area contributed by atoms with E-state index in [9.17, 15) is 9.59 Å². The van der Waals surface area contributed by atoms with Gasteiger partial charge in [-0.05, 0) is 31.6 Å². The molecule has 3 aliphatic heterocycles. The number of carbonyl (C=O) groups excluding carboxylic acids is 2. The first-order valence-electron chi connectivity index (χ1n) is 9.59. The van der Waals surface area contributed by atoms with Crippen LogP contribution in [-0.4, -0.2) is 64.9 Å². The number of halogens is 1. The zero-order chi connectivity index (χ0) is 17.9. The average Bonchev–Trinajstić information content (AvgIpc) is 3.21. The van der Waals surface area contributed by atoms with Gasteiger partial charge in [-0.15, -0.1) is 12.4 Å². The first-order valence-corrected chi connectivity index (χ1v) is 9.59. The van der Waals surface area contributed by atoms with Crippen LogP contribution in [0.1, 0.15) is 32.1 Å². The van der Waals surface area contributed by atoms with Gasteiger partial charge < -0.3 is 20.3 Å². The highest BCUT2D eigenvalue weighted by Crippen LogP contribution is 2.32. The van der Waals surface area contributed by atoms with Gasteiger partial charge in [0.05, 0.1) is 25.1 Å². The predicted molar refractivity (Wildman–Crippen MR) is 103 cm³/mol. The first kappa shape index (κ1) is 20.1. The van der Waals surface area contributed by atoms with Gasteiger partial charge in [0.2, 0.25) is 11.8 Å². The molecule has 0 spiro atoms. The highest BCUT2D eigenvalue weighted by molar-refractivity contribution is 5.90. The molecule has 27 heavy (non-hydrogen) atoms. The fourth-order valence-corrected chi connectivity index (χ4v) is 4.38. The normalized spacial score (nSPS) is 27.1. The summed E-state index contributed by atoms with van der Waals surface area (Å²) >= 11 is 0. The Morgan fingerprint density at radius 3 is 2.63 bits per heavy atom. The molecule has 2 atom stereocenters. The molecule has 0 saturated carbocycles. The molecule has 0 aromatic carbocycles. The van der Waals surface area contributed by atoms with E-state index in [0.29, 0.717) is 56.4 Å². The van der Waals surface area contributed by atoms with Crippen molar-refractivity contribution >= 4 is 29.9 Å². The number of nitrogens with one attached hydrogen (secondary N) is 2. The molecular weight excluding hydrogens is 370 g/mol. The summed E-state index contributed by atoms with van der Waals surface area (Å²) in [5.74, 6) is 0.529. The second-order valence-electron chi connectivity index (χ2n) is 7.65. The molecule has 1 aromatic rings. The van der Waals surface area contributed by atoms with Gasteiger partial charge >= 0.3 is 0 Å². The maximum atomic E-state index is 12.3. The fourth-order valence-electron chi connectivity index (χ4n) is 4.38. The minimum absolute atomic E-state index is 0. The van der Waals surface area contributed by atoms with Crippen LogP contribution in [0.15, 0.2) is 12.4 Å². The number of piperidine rings is 1. The number of aromatic nitrogens is 2. The van der Waals surface area contributed by atoms with Crippen molar-refractivity contribution in [3.05, 3.63) is 12.4 Å². The van der Waals surface area contributed by atoms with Crippen molar-refractivity contribution in [1.29, 1.82) is 0 Å². The molecule has 4 heterocycles. The van der Waals surface area contributed by atoms with Crippen LogP contribution in [0.4, 0.5) is 5.69 Å². The quantitative estimate of drug-likeness (QED) is 0.774. The van der Waals surface area contributed by atoms with Gasteiger partial charge in [-0.2, -0.15) is 5.10 Å². The van der Waals surface area contributed by atoms with Gasteiger partial charge in [0.1, 0.15) is 6.54 Å². The summed E-state index contributed by atoms with van der Waals surface area (Å²) < 4.78 is 6.84. The smallest absolute Gasteiger partial charge is 0.244 e. The summed E-state index contributed by atoms with van der Waals surface area (Å²) in [6.45, 7) is 2.62. The fraction of sp³-hybridized carbons (Fsp3) is 0.722. The summed E-state index contributed by atoms with van der Waals surface area (Å²) in [7, 11) is 0. The number of rotatable bonds is 5. The van der Waals surface area contributed by atoms with E-state index < -0.39 is 0 Å². The Hall–Kier alpha value is -1.64. The Balaban J connectivity index is 0.00000210. The van der Waals surface area contributed by atoms with Crippen molar-refractivity contribution in [3.8, 4) is 0 Å². The van der Waals surface area contributed by atoms with Crippen molar-refractivity contribution in [2.45, 2.75) is 50.7 Å². The maximum absolute atomic E-state index is 12.3. The van der Waals surface area contributed by atoms with Crippen molar-refractivity contribution in [2.75, 3.05) is 31.6 Å². The summed E-state index contributed by atoms with van der Waals surface area (Å²) in [5.41, 5.74) is 0.654. The lowest BCUT2D eigenvalue weighted by Crippen LogP contribution is -2.42. The van der Waals surface area contributed by atoms with Crippen LogP contribution in [-0.2, 0) is 20.9 Å². The highest BCUT2D eigenvalue weighted by Gasteiger charge is 2.34. The Labute approximate surface area is 165 Å². The number of morpholine rings is 1. The lowest BCUT2D eigenvalue weighted by molar-refractivity contribution is -0.136. The molecule has 2 unspecified atom stereocenters. The van der Waals surface area contributed by atoms with E-state index in [-0.39, 0.29) is 30.8 Å². The second-order valence-corrected chi connectivity index (χ2v) is 7.65. The molecule has 8 nitrogen and oxygen atoms in total.